The Hall–Kier alpha value is -1.43. The minimum absolute atomic E-state index is 0.00366. The number of rotatable bonds is 7. The summed E-state index contributed by atoms with van der Waals surface area (Å²) in [5.74, 6) is -2.24. The number of benzene rings is 1. The van der Waals surface area contributed by atoms with Crippen molar-refractivity contribution < 1.29 is 19.1 Å². The molecule has 21 heavy (non-hydrogen) atoms. The quantitative estimate of drug-likeness (QED) is 0.781. The van der Waals surface area contributed by atoms with Gasteiger partial charge in [0.25, 0.3) is 5.91 Å². The molecule has 0 aliphatic heterocycles. The zero-order chi connectivity index (χ0) is 16.0. The lowest BCUT2D eigenvalue weighted by Gasteiger charge is -2.15. The molecule has 0 saturated heterocycles. The van der Waals surface area contributed by atoms with Crippen molar-refractivity contribution in [2.75, 3.05) is 0 Å². The number of carboxylic acid groups (broad SMARTS) is 1. The Morgan fingerprint density at radius 2 is 2.00 bits per heavy atom. The van der Waals surface area contributed by atoms with E-state index < -0.39 is 23.6 Å². The molecule has 4 nitrogen and oxygen atoms in total. The average Bonchev–Trinajstić information content (AvgIpc) is 2.37. The first-order valence-electron chi connectivity index (χ1n) is 6.80. The molecule has 116 valence electrons. The second-order valence-corrected chi connectivity index (χ2v) is 6.08. The van der Waals surface area contributed by atoms with Crippen LogP contribution in [0.2, 0.25) is 0 Å². The van der Waals surface area contributed by atoms with E-state index in [0.29, 0.717) is 23.7 Å². The Morgan fingerprint density at radius 3 is 2.57 bits per heavy atom. The molecule has 2 unspecified atom stereocenters. The van der Waals surface area contributed by atoms with E-state index in [9.17, 15) is 14.0 Å². The number of carbonyl (C=O) groups is 2. The molecule has 0 saturated carbocycles. The molecule has 0 aliphatic carbocycles. The Kier molecular flexibility index (Phi) is 6.81. The molecule has 0 aromatic heterocycles. The fourth-order valence-corrected chi connectivity index (χ4v) is 2.23. The zero-order valence-electron chi connectivity index (χ0n) is 12.0. The molecule has 0 aliphatic rings. The normalized spacial score (nSPS) is 13.5. The summed E-state index contributed by atoms with van der Waals surface area (Å²) in [4.78, 5) is 22.6. The number of amides is 1. The van der Waals surface area contributed by atoms with Crippen LogP contribution in [0, 0.1) is 11.7 Å². The highest BCUT2D eigenvalue weighted by atomic mass is 79.9. The number of aliphatic carboxylic acids is 1. The van der Waals surface area contributed by atoms with Gasteiger partial charge in [-0.25, -0.2) is 4.39 Å². The van der Waals surface area contributed by atoms with Crippen molar-refractivity contribution in [1.82, 2.24) is 5.32 Å². The van der Waals surface area contributed by atoms with Gasteiger partial charge in [0.1, 0.15) is 5.82 Å². The van der Waals surface area contributed by atoms with Crippen molar-refractivity contribution in [3.8, 4) is 0 Å². The van der Waals surface area contributed by atoms with Gasteiger partial charge in [-0.2, -0.15) is 0 Å². The lowest BCUT2D eigenvalue weighted by atomic mass is 10.0. The third-order valence-electron chi connectivity index (χ3n) is 3.25. The van der Waals surface area contributed by atoms with Crippen LogP contribution in [0.5, 0.6) is 0 Å². The number of nitrogens with one attached hydrogen (secondary N) is 1. The fourth-order valence-electron chi connectivity index (χ4n) is 1.90. The van der Waals surface area contributed by atoms with Gasteiger partial charge in [-0.15, -0.1) is 0 Å². The SMILES string of the molecule is CC(CCCC(C)C(=O)O)NC(=O)c1ccc(Br)cc1F. The van der Waals surface area contributed by atoms with Crippen molar-refractivity contribution in [2.45, 2.75) is 39.2 Å². The summed E-state index contributed by atoms with van der Waals surface area (Å²) in [5.41, 5.74) is 0.00366. The van der Waals surface area contributed by atoms with Gasteiger partial charge >= 0.3 is 5.97 Å². The minimum atomic E-state index is -0.816. The van der Waals surface area contributed by atoms with E-state index in [-0.39, 0.29) is 11.6 Å². The average molecular weight is 360 g/mol. The Bertz CT molecular complexity index is 522. The van der Waals surface area contributed by atoms with Crippen LogP contribution in [0.1, 0.15) is 43.5 Å². The van der Waals surface area contributed by atoms with Gasteiger partial charge < -0.3 is 10.4 Å². The highest BCUT2D eigenvalue weighted by Gasteiger charge is 2.15. The van der Waals surface area contributed by atoms with Crippen LogP contribution < -0.4 is 5.32 Å². The van der Waals surface area contributed by atoms with E-state index in [2.05, 4.69) is 21.2 Å². The molecule has 1 amide bonds. The number of halogens is 2. The highest BCUT2D eigenvalue weighted by molar-refractivity contribution is 9.10. The molecule has 1 aromatic rings. The topological polar surface area (TPSA) is 66.4 Å². The molecule has 0 heterocycles. The van der Waals surface area contributed by atoms with Crippen LogP contribution in [0.4, 0.5) is 4.39 Å². The molecule has 6 heteroatoms. The second kappa shape index (κ2) is 8.12. The summed E-state index contributed by atoms with van der Waals surface area (Å²) >= 11 is 3.14. The van der Waals surface area contributed by atoms with E-state index in [1.54, 1.807) is 13.0 Å². The minimum Gasteiger partial charge on any atom is -0.481 e. The van der Waals surface area contributed by atoms with E-state index in [1.807, 2.05) is 6.92 Å². The molecule has 0 spiro atoms. The van der Waals surface area contributed by atoms with Crippen molar-refractivity contribution >= 4 is 27.8 Å². The molecule has 0 fully saturated rings. The maximum Gasteiger partial charge on any atom is 0.306 e. The van der Waals surface area contributed by atoms with E-state index in [1.165, 1.54) is 12.1 Å². The summed E-state index contributed by atoms with van der Waals surface area (Å²) in [7, 11) is 0. The van der Waals surface area contributed by atoms with Gasteiger partial charge in [0, 0.05) is 10.5 Å². The summed E-state index contributed by atoms with van der Waals surface area (Å²) in [6.07, 6.45) is 1.90. The molecule has 1 aromatic carbocycles. The monoisotopic (exact) mass is 359 g/mol. The predicted molar refractivity (Wildman–Crippen MR) is 81.7 cm³/mol. The van der Waals surface area contributed by atoms with Crippen LogP contribution >= 0.6 is 15.9 Å². The highest BCUT2D eigenvalue weighted by Crippen LogP contribution is 2.16. The van der Waals surface area contributed by atoms with Crippen molar-refractivity contribution in [1.29, 1.82) is 0 Å². The maximum absolute atomic E-state index is 13.6. The third kappa shape index (κ3) is 5.83. The van der Waals surface area contributed by atoms with Crippen molar-refractivity contribution in [3.63, 3.8) is 0 Å². The molecule has 0 radical (unpaired) electrons. The zero-order valence-corrected chi connectivity index (χ0v) is 13.6. The third-order valence-corrected chi connectivity index (χ3v) is 3.74. The largest absolute Gasteiger partial charge is 0.481 e. The molecule has 2 N–H and O–H groups in total. The number of hydrogen-bond acceptors (Lipinski definition) is 2. The van der Waals surface area contributed by atoms with Gasteiger partial charge in [-0.05, 0) is 38.0 Å². The summed E-state index contributed by atoms with van der Waals surface area (Å²) in [6, 6.07) is 4.14. The molecular weight excluding hydrogens is 341 g/mol. The Labute approximate surface area is 131 Å². The van der Waals surface area contributed by atoms with Crippen LogP contribution in [-0.2, 0) is 4.79 Å². The van der Waals surface area contributed by atoms with Crippen LogP contribution in [0.25, 0.3) is 0 Å². The van der Waals surface area contributed by atoms with Crippen LogP contribution in [-0.4, -0.2) is 23.0 Å². The van der Waals surface area contributed by atoms with Gasteiger partial charge in [-0.1, -0.05) is 29.3 Å². The standard InChI is InChI=1S/C15H19BrFNO3/c1-9(15(20)21)4-3-5-10(2)18-14(19)12-7-6-11(16)8-13(12)17/h6-10H,3-5H2,1-2H3,(H,18,19)(H,20,21). The molecule has 0 bridgehead atoms. The number of carboxylic acids is 1. The first kappa shape index (κ1) is 17.6. The molecule has 1 rings (SSSR count). The Balaban J connectivity index is 2.45. The van der Waals surface area contributed by atoms with Crippen LogP contribution in [0.15, 0.2) is 22.7 Å². The summed E-state index contributed by atoms with van der Waals surface area (Å²) < 4.78 is 14.2. The second-order valence-electron chi connectivity index (χ2n) is 5.17. The smallest absolute Gasteiger partial charge is 0.306 e. The summed E-state index contributed by atoms with van der Waals surface area (Å²) in [6.45, 7) is 3.48. The van der Waals surface area contributed by atoms with E-state index in [4.69, 9.17) is 5.11 Å². The summed E-state index contributed by atoms with van der Waals surface area (Å²) in [5, 5.41) is 11.5. The molecular formula is C15H19BrFNO3. The van der Waals surface area contributed by atoms with Crippen molar-refractivity contribution in [2.24, 2.45) is 5.92 Å². The predicted octanol–water partition coefficient (Wildman–Crippen LogP) is 3.60. The van der Waals surface area contributed by atoms with Crippen LogP contribution in [0.3, 0.4) is 0 Å². The first-order chi connectivity index (χ1) is 9.81. The lowest BCUT2D eigenvalue weighted by molar-refractivity contribution is -0.141. The van der Waals surface area contributed by atoms with Crippen molar-refractivity contribution in [3.05, 3.63) is 34.1 Å². The van der Waals surface area contributed by atoms with Gasteiger partial charge in [0.15, 0.2) is 0 Å². The number of carbonyl (C=O) groups excluding carboxylic acids is 1. The fraction of sp³-hybridized carbons (Fsp3) is 0.467. The van der Waals surface area contributed by atoms with Gasteiger partial charge in [0.05, 0.1) is 11.5 Å². The number of hydrogen-bond donors (Lipinski definition) is 2. The maximum atomic E-state index is 13.6. The first-order valence-corrected chi connectivity index (χ1v) is 7.59. The van der Waals surface area contributed by atoms with Gasteiger partial charge in [0.2, 0.25) is 0 Å². The van der Waals surface area contributed by atoms with Gasteiger partial charge in [-0.3, -0.25) is 9.59 Å². The lowest BCUT2D eigenvalue weighted by Crippen LogP contribution is -2.33. The van der Waals surface area contributed by atoms with E-state index in [0.717, 1.165) is 0 Å². The molecule has 2 atom stereocenters. The van der Waals surface area contributed by atoms with E-state index >= 15 is 0 Å². The Morgan fingerprint density at radius 1 is 1.33 bits per heavy atom.